The van der Waals surface area contributed by atoms with Crippen LogP contribution in [-0.2, 0) is 12.4 Å². The van der Waals surface area contributed by atoms with Gasteiger partial charge in [-0.3, -0.25) is 0 Å². The Morgan fingerprint density at radius 2 is 0.875 bits per heavy atom. The number of rotatable bonds is 8. The van der Waals surface area contributed by atoms with E-state index in [-0.39, 0.29) is 0 Å². The zero-order valence-electron chi connectivity index (χ0n) is 26.3. The van der Waals surface area contributed by atoms with Gasteiger partial charge in [-0.2, -0.15) is 26.3 Å². The van der Waals surface area contributed by atoms with E-state index in [1.807, 2.05) is 48.5 Å². The molecule has 0 unspecified atom stereocenters. The maximum atomic E-state index is 13.6. The Bertz CT molecular complexity index is 1630. The Labute approximate surface area is 285 Å². The van der Waals surface area contributed by atoms with E-state index in [0.717, 1.165) is 82.3 Å². The molecule has 0 amide bonds. The van der Waals surface area contributed by atoms with Gasteiger partial charge >= 0.3 is 12.4 Å². The van der Waals surface area contributed by atoms with Crippen LogP contribution in [0.25, 0.3) is 0 Å². The number of halogens is 6. The molecular weight excluding hydrogens is 663 g/mol. The average molecular weight is 699 g/mol. The third-order valence-electron chi connectivity index (χ3n) is 9.86. The van der Waals surface area contributed by atoms with E-state index in [0.29, 0.717) is 36.3 Å². The summed E-state index contributed by atoms with van der Waals surface area (Å²) in [5, 5.41) is 0. The summed E-state index contributed by atoms with van der Waals surface area (Å²) in [5.74, 6) is 1.19. The molecule has 1 aliphatic carbocycles. The van der Waals surface area contributed by atoms with Gasteiger partial charge in [-0.25, -0.2) is 0 Å². The molecule has 0 saturated heterocycles. The van der Waals surface area contributed by atoms with Crippen LogP contribution in [0.1, 0.15) is 62.5 Å². The molecule has 48 heavy (non-hydrogen) atoms. The van der Waals surface area contributed by atoms with E-state index in [2.05, 4.69) is 9.80 Å². The first-order valence-electron chi connectivity index (χ1n) is 16.6. The van der Waals surface area contributed by atoms with Crippen LogP contribution in [0.3, 0.4) is 0 Å². The van der Waals surface area contributed by atoms with Crippen LogP contribution < -0.4 is 9.80 Å². The Hall–Kier alpha value is -3.24. The maximum Gasteiger partial charge on any atom is 0.416 e. The smallest absolute Gasteiger partial charge is 0.340 e. The quantitative estimate of drug-likeness (QED) is 0.169. The Morgan fingerprint density at radius 1 is 0.500 bits per heavy atom. The van der Waals surface area contributed by atoms with Gasteiger partial charge in [0.1, 0.15) is 0 Å². The van der Waals surface area contributed by atoms with Crippen molar-refractivity contribution in [2.45, 2.75) is 83.3 Å². The lowest BCUT2D eigenvalue weighted by Gasteiger charge is -2.35. The molecule has 4 aromatic carbocycles. The van der Waals surface area contributed by atoms with Crippen LogP contribution in [0, 0.1) is 11.8 Å². The Kier molecular flexibility index (Phi) is 9.41. The summed E-state index contributed by atoms with van der Waals surface area (Å²) in [6.07, 6.45) is -0.384. The Balaban J connectivity index is 0.936. The molecule has 0 radical (unpaired) electrons. The number of hydrogen-bond donors (Lipinski definition) is 0. The number of anilines is 4. The fourth-order valence-corrected chi connectivity index (χ4v) is 9.53. The molecule has 3 aliphatic rings. The summed E-state index contributed by atoms with van der Waals surface area (Å²) in [7, 11) is 0. The van der Waals surface area contributed by atoms with Crippen molar-refractivity contribution in [3.05, 3.63) is 96.1 Å². The monoisotopic (exact) mass is 698 g/mol. The predicted molar refractivity (Wildman–Crippen MR) is 182 cm³/mol. The molecule has 0 N–H and O–H groups in total. The van der Waals surface area contributed by atoms with Crippen LogP contribution >= 0.6 is 23.5 Å². The first kappa shape index (κ1) is 33.3. The van der Waals surface area contributed by atoms with Gasteiger partial charge in [0.05, 0.1) is 33.9 Å². The van der Waals surface area contributed by atoms with Gasteiger partial charge in [0.2, 0.25) is 0 Å². The number of para-hydroxylation sites is 2. The minimum Gasteiger partial charge on any atom is -0.340 e. The highest BCUT2D eigenvalue weighted by atomic mass is 32.2. The van der Waals surface area contributed by atoms with Crippen molar-refractivity contribution in [2.75, 3.05) is 22.9 Å². The summed E-state index contributed by atoms with van der Waals surface area (Å²) in [5.41, 5.74) is 1.94. The topological polar surface area (TPSA) is 6.48 Å². The largest absolute Gasteiger partial charge is 0.416 e. The molecule has 0 atom stereocenters. The summed E-state index contributed by atoms with van der Waals surface area (Å²) in [6, 6.07) is 23.9. The summed E-state index contributed by atoms with van der Waals surface area (Å²) in [6.45, 7) is 1.33. The van der Waals surface area contributed by atoms with Crippen LogP contribution in [-0.4, -0.2) is 13.1 Å². The van der Waals surface area contributed by atoms with Crippen molar-refractivity contribution in [3.8, 4) is 0 Å². The molecule has 2 heterocycles. The lowest BCUT2D eigenvalue weighted by molar-refractivity contribution is -0.138. The normalized spacial score (nSPS) is 19.0. The van der Waals surface area contributed by atoms with Crippen LogP contribution in [0.4, 0.5) is 49.1 Å². The van der Waals surface area contributed by atoms with Crippen molar-refractivity contribution < 1.29 is 26.3 Å². The SMILES string of the molecule is FC(F)(F)c1ccc2c(c1)N(CCCC1CCC(CCCN3c4ccccc4Sc4ccc(C(F)(F)F)cc43)CC1)c1ccccc1S2. The molecule has 2 nitrogen and oxygen atoms in total. The van der Waals surface area contributed by atoms with Crippen molar-refractivity contribution in [1.82, 2.24) is 0 Å². The number of benzene rings is 4. The third-order valence-corrected chi connectivity index (χ3v) is 12.1. The second-order valence-electron chi connectivity index (χ2n) is 13.0. The highest BCUT2D eigenvalue weighted by molar-refractivity contribution is 8.00. The molecular formula is C38H36F6N2S2. The molecule has 0 bridgehead atoms. The van der Waals surface area contributed by atoms with Crippen molar-refractivity contribution in [3.63, 3.8) is 0 Å². The number of alkyl halides is 6. The molecule has 1 fully saturated rings. The van der Waals surface area contributed by atoms with Gasteiger partial charge in [-0.1, -0.05) is 73.5 Å². The molecule has 10 heteroatoms. The first-order chi connectivity index (χ1) is 23.0. The molecule has 2 aliphatic heterocycles. The zero-order valence-corrected chi connectivity index (χ0v) is 27.9. The minimum absolute atomic E-state index is 0.593. The van der Waals surface area contributed by atoms with Gasteiger partial charge in [0.25, 0.3) is 0 Å². The number of nitrogens with zero attached hydrogens (tertiary/aromatic N) is 2. The summed E-state index contributed by atoms with van der Waals surface area (Å²) in [4.78, 5) is 7.93. The molecule has 1 saturated carbocycles. The average Bonchev–Trinajstić information content (AvgIpc) is 3.07. The van der Waals surface area contributed by atoms with Gasteiger partial charge in [-0.05, 0) is 98.2 Å². The second kappa shape index (κ2) is 13.6. The van der Waals surface area contributed by atoms with E-state index >= 15 is 0 Å². The molecule has 0 spiro atoms. The highest BCUT2D eigenvalue weighted by Crippen LogP contribution is 2.51. The van der Waals surface area contributed by atoms with E-state index in [1.54, 1.807) is 12.1 Å². The van der Waals surface area contributed by atoms with Gasteiger partial charge < -0.3 is 9.80 Å². The van der Waals surface area contributed by atoms with Crippen LogP contribution in [0.2, 0.25) is 0 Å². The predicted octanol–water partition coefficient (Wildman–Crippen LogP) is 13.0. The lowest BCUT2D eigenvalue weighted by atomic mass is 9.78. The third kappa shape index (κ3) is 7.06. The van der Waals surface area contributed by atoms with Crippen LogP contribution in [0.15, 0.2) is 105 Å². The van der Waals surface area contributed by atoms with Crippen molar-refractivity contribution in [2.24, 2.45) is 11.8 Å². The van der Waals surface area contributed by atoms with Crippen molar-refractivity contribution >= 4 is 46.3 Å². The molecule has 252 valence electrons. The summed E-state index contributed by atoms with van der Waals surface area (Å²) < 4.78 is 81.5. The molecule has 0 aromatic heterocycles. The molecule has 7 rings (SSSR count). The first-order valence-corrected chi connectivity index (χ1v) is 18.2. The lowest BCUT2D eigenvalue weighted by Crippen LogP contribution is -2.24. The minimum atomic E-state index is -4.39. The second-order valence-corrected chi connectivity index (χ2v) is 15.1. The van der Waals surface area contributed by atoms with E-state index in [9.17, 15) is 26.3 Å². The summed E-state index contributed by atoms with van der Waals surface area (Å²) >= 11 is 3.04. The fourth-order valence-electron chi connectivity index (χ4n) is 7.38. The maximum absolute atomic E-state index is 13.6. The van der Waals surface area contributed by atoms with Gasteiger partial charge in [-0.15, -0.1) is 0 Å². The van der Waals surface area contributed by atoms with E-state index in [1.165, 1.54) is 47.8 Å². The number of hydrogen-bond acceptors (Lipinski definition) is 4. The zero-order chi connectivity index (χ0) is 33.5. The van der Waals surface area contributed by atoms with Crippen LogP contribution in [0.5, 0.6) is 0 Å². The van der Waals surface area contributed by atoms with Crippen molar-refractivity contribution in [1.29, 1.82) is 0 Å². The molecule has 4 aromatic rings. The fraction of sp³-hybridized carbons (Fsp3) is 0.368. The van der Waals surface area contributed by atoms with E-state index < -0.39 is 23.5 Å². The standard InChI is InChI=1S/C38H36F6N2S2/c39-37(40,41)27-17-19-35-31(23-27)45(29-9-1-3-11-33(29)47-35)21-5-7-25-13-15-26(16-14-25)8-6-22-46-30-10-2-4-12-34(30)48-36-20-18-28(24-32(36)46)38(42,43)44/h1-4,9-12,17-20,23-26H,5-8,13-16,21-22H2. The Morgan fingerprint density at radius 3 is 1.27 bits per heavy atom. The van der Waals surface area contributed by atoms with Gasteiger partial charge in [0, 0.05) is 32.7 Å². The van der Waals surface area contributed by atoms with Gasteiger partial charge in [0.15, 0.2) is 0 Å². The highest BCUT2D eigenvalue weighted by Gasteiger charge is 2.35. The number of fused-ring (bicyclic) bond motifs is 4. The van der Waals surface area contributed by atoms with E-state index in [4.69, 9.17) is 0 Å².